The van der Waals surface area contributed by atoms with Gasteiger partial charge in [0, 0.05) is 24.5 Å². The molecule has 2 rings (SSSR count). The summed E-state index contributed by atoms with van der Waals surface area (Å²) < 4.78 is 2.09. The van der Waals surface area contributed by atoms with E-state index < -0.39 is 0 Å². The lowest BCUT2D eigenvalue weighted by Gasteiger charge is -2.00. The number of nitrogens with zero attached hydrogens (tertiary/aromatic N) is 2. The van der Waals surface area contributed by atoms with Gasteiger partial charge in [0.05, 0.1) is 0 Å². The van der Waals surface area contributed by atoms with Gasteiger partial charge in [-0.05, 0) is 25.8 Å². The Hall–Kier alpha value is -1.05. The molecule has 0 N–H and O–H groups in total. The minimum atomic E-state index is 0.469. The van der Waals surface area contributed by atoms with Crippen molar-refractivity contribution in [3.8, 4) is 0 Å². The van der Waals surface area contributed by atoms with Crippen LogP contribution in [0.15, 0.2) is 17.3 Å². The molecule has 2 nitrogen and oxygen atoms in total. The Morgan fingerprint density at radius 3 is 3.25 bits per heavy atom. The van der Waals surface area contributed by atoms with Crippen LogP contribution in [0.3, 0.4) is 0 Å². The lowest BCUT2D eigenvalue weighted by atomic mass is 10.2. The molecule has 0 fully saturated rings. The summed E-state index contributed by atoms with van der Waals surface area (Å²) in [6.45, 7) is 2.18. The van der Waals surface area contributed by atoms with E-state index in [9.17, 15) is 0 Å². The fourth-order valence-corrected chi connectivity index (χ4v) is 1.62. The summed E-state index contributed by atoms with van der Waals surface area (Å²) >= 11 is 0. The van der Waals surface area contributed by atoms with Gasteiger partial charge in [0.15, 0.2) is 0 Å². The summed E-state index contributed by atoms with van der Waals surface area (Å²) in [6.07, 6.45) is 6.68. The highest BCUT2D eigenvalue weighted by molar-refractivity contribution is 5.22. The maximum Gasteiger partial charge on any atom is 0.134 e. The topological polar surface area (TPSA) is 17.3 Å². The van der Waals surface area contributed by atoms with Gasteiger partial charge in [0.25, 0.3) is 0 Å². The van der Waals surface area contributed by atoms with Crippen LogP contribution >= 0.6 is 0 Å². The van der Waals surface area contributed by atoms with Crippen LogP contribution in [-0.2, 0) is 7.05 Å². The fourth-order valence-electron chi connectivity index (χ4n) is 1.62. The third-order valence-corrected chi connectivity index (χ3v) is 2.36. The number of hydrogen-bond acceptors (Lipinski definition) is 1. The van der Waals surface area contributed by atoms with Crippen LogP contribution < -0.4 is 10.7 Å². The molecule has 1 aromatic heterocycles. The van der Waals surface area contributed by atoms with Crippen molar-refractivity contribution in [3.63, 3.8) is 0 Å². The first-order chi connectivity index (χ1) is 5.77. The van der Waals surface area contributed by atoms with E-state index in [-0.39, 0.29) is 0 Å². The van der Waals surface area contributed by atoms with Crippen LogP contribution in [0.4, 0.5) is 0 Å². The molecule has 1 unspecified atom stereocenters. The maximum atomic E-state index is 4.63. The van der Waals surface area contributed by atoms with E-state index >= 15 is 0 Å². The molecular weight excluding hydrogens is 148 g/mol. The molecule has 2 heterocycles. The second kappa shape index (κ2) is 2.77. The minimum Gasteiger partial charge on any atom is -0.336 e. The number of fused-ring (bicyclic) bond motifs is 1. The van der Waals surface area contributed by atoms with Crippen LogP contribution in [0.5, 0.6) is 0 Å². The molecule has 1 aromatic rings. The summed E-state index contributed by atoms with van der Waals surface area (Å²) in [6, 6.07) is 2.60. The first kappa shape index (κ1) is 7.59. The van der Waals surface area contributed by atoms with Crippen molar-refractivity contribution in [2.45, 2.75) is 25.8 Å². The number of aromatic nitrogens is 1. The molecule has 0 radical (unpaired) electrons. The number of aryl methyl sites for hydroxylation is 1. The largest absolute Gasteiger partial charge is 0.336 e. The van der Waals surface area contributed by atoms with Crippen LogP contribution in [0.1, 0.15) is 19.8 Å². The zero-order chi connectivity index (χ0) is 8.55. The van der Waals surface area contributed by atoms with Gasteiger partial charge in [-0.3, -0.25) is 4.99 Å². The van der Waals surface area contributed by atoms with Crippen LogP contribution in [0, 0.1) is 0 Å². The Kier molecular flexibility index (Phi) is 1.75. The Labute approximate surface area is 72.2 Å². The van der Waals surface area contributed by atoms with Gasteiger partial charge in [0.1, 0.15) is 5.49 Å². The van der Waals surface area contributed by atoms with Gasteiger partial charge < -0.3 is 4.57 Å². The quantitative estimate of drug-likeness (QED) is 0.532. The van der Waals surface area contributed by atoms with E-state index in [0.29, 0.717) is 6.04 Å². The minimum absolute atomic E-state index is 0.469. The smallest absolute Gasteiger partial charge is 0.134 e. The van der Waals surface area contributed by atoms with Crippen molar-refractivity contribution in [1.29, 1.82) is 0 Å². The summed E-state index contributed by atoms with van der Waals surface area (Å²) in [5.74, 6) is 0. The van der Waals surface area contributed by atoms with Crippen molar-refractivity contribution in [3.05, 3.63) is 23.0 Å². The van der Waals surface area contributed by atoms with Gasteiger partial charge in [-0.25, -0.2) is 0 Å². The van der Waals surface area contributed by atoms with Crippen molar-refractivity contribution in [2.75, 3.05) is 0 Å². The lowest BCUT2D eigenvalue weighted by molar-refractivity contribution is 0.659. The van der Waals surface area contributed by atoms with Crippen molar-refractivity contribution < 1.29 is 0 Å². The Morgan fingerprint density at radius 2 is 2.42 bits per heavy atom. The van der Waals surface area contributed by atoms with Crippen molar-refractivity contribution >= 4 is 6.08 Å². The van der Waals surface area contributed by atoms with E-state index in [4.69, 9.17) is 0 Å². The second-order valence-electron chi connectivity index (χ2n) is 3.47. The molecule has 1 aliphatic heterocycles. The first-order valence-electron chi connectivity index (χ1n) is 4.47. The molecule has 0 aromatic carbocycles. The molecule has 2 heteroatoms. The summed E-state index contributed by atoms with van der Waals surface area (Å²) in [5, 5.41) is 1.29. The first-order valence-corrected chi connectivity index (χ1v) is 4.47. The molecule has 0 saturated carbocycles. The highest BCUT2D eigenvalue weighted by Crippen LogP contribution is 2.02. The summed E-state index contributed by atoms with van der Waals surface area (Å²) in [7, 11) is 2.05. The average molecular weight is 162 g/mol. The summed E-state index contributed by atoms with van der Waals surface area (Å²) in [4.78, 5) is 4.63. The highest BCUT2D eigenvalue weighted by Gasteiger charge is 2.03. The van der Waals surface area contributed by atoms with E-state index in [0.717, 1.165) is 11.9 Å². The third kappa shape index (κ3) is 1.17. The van der Waals surface area contributed by atoms with Crippen LogP contribution in [0.25, 0.3) is 6.08 Å². The van der Waals surface area contributed by atoms with Gasteiger partial charge >= 0.3 is 0 Å². The zero-order valence-electron chi connectivity index (χ0n) is 7.62. The molecule has 0 bridgehead atoms. The number of rotatable bonds is 0. The highest BCUT2D eigenvalue weighted by atomic mass is 15.0. The standard InChI is InChI=1S/C10H14N2/c1-8-4-3-5-9-6-7-12(2)10(9)11-8/h5-8H,3-4H2,1-2H3. The van der Waals surface area contributed by atoms with Crippen molar-refractivity contribution in [2.24, 2.45) is 12.0 Å². The molecule has 0 spiro atoms. The maximum absolute atomic E-state index is 4.63. The molecule has 1 atom stereocenters. The van der Waals surface area contributed by atoms with E-state index in [2.05, 4.69) is 34.8 Å². The summed E-state index contributed by atoms with van der Waals surface area (Å²) in [5.41, 5.74) is 1.14. The van der Waals surface area contributed by atoms with Crippen LogP contribution in [0.2, 0.25) is 0 Å². The molecular formula is C10H14N2. The Balaban J connectivity index is 2.71. The predicted molar refractivity (Wildman–Crippen MR) is 49.4 cm³/mol. The molecule has 0 saturated heterocycles. The van der Waals surface area contributed by atoms with Gasteiger partial charge in [-0.2, -0.15) is 0 Å². The van der Waals surface area contributed by atoms with Gasteiger partial charge in [-0.1, -0.05) is 6.08 Å². The fraction of sp³-hybridized carbons (Fsp3) is 0.500. The molecule has 1 aliphatic rings. The molecule has 12 heavy (non-hydrogen) atoms. The Bertz CT molecular complexity index is 386. The van der Waals surface area contributed by atoms with Gasteiger partial charge in [0.2, 0.25) is 0 Å². The average Bonchev–Trinajstić information content (AvgIpc) is 2.31. The third-order valence-electron chi connectivity index (χ3n) is 2.36. The van der Waals surface area contributed by atoms with E-state index in [1.165, 1.54) is 11.6 Å². The SMILES string of the molecule is CC1CCC=c2ccn(C)c2=N1. The molecule has 64 valence electrons. The molecule has 0 aliphatic carbocycles. The monoisotopic (exact) mass is 162 g/mol. The van der Waals surface area contributed by atoms with E-state index in [1.807, 2.05) is 7.05 Å². The van der Waals surface area contributed by atoms with Crippen LogP contribution in [-0.4, -0.2) is 10.6 Å². The van der Waals surface area contributed by atoms with Gasteiger partial charge in [-0.15, -0.1) is 0 Å². The Morgan fingerprint density at radius 1 is 1.58 bits per heavy atom. The zero-order valence-corrected chi connectivity index (χ0v) is 7.62. The van der Waals surface area contributed by atoms with E-state index in [1.54, 1.807) is 0 Å². The normalized spacial score (nSPS) is 22.0. The predicted octanol–water partition coefficient (Wildman–Crippen LogP) is 0.607. The molecule has 0 amide bonds. The number of hydrogen-bond donors (Lipinski definition) is 0. The lowest BCUT2D eigenvalue weighted by Crippen LogP contribution is -2.28. The second-order valence-corrected chi connectivity index (χ2v) is 3.47. The van der Waals surface area contributed by atoms with Crippen molar-refractivity contribution in [1.82, 2.24) is 4.57 Å².